The Balaban J connectivity index is 1.42. The zero-order chi connectivity index (χ0) is 18.4. The van der Waals surface area contributed by atoms with Crippen LogP contribution >= 0.6 is 0 Å². The molecule has 9 heteroatoms. The van der Waals surface area contributed by atoms with Crippen LogP contribution in [-0.4, -0.2) is 49.8 Å². The van der Waals surface area contributed by atoms with Crippen molar-refractivity contribution in [2.75, 3.05) is 25.1 Å². The van der Waals surface area contributed by atoms with Gasteiger partial charge in [0, 0.05) is 30.5 Å². The summed E-state index contributed by atoms with van der Waals surface area (Å²) in [4.78, 5) is 8.49. The number of hydrogen-bond acceptors (Lipinski definition) is 7. The van der Waals surface area contributed by atoms with Gasteiger partial charge in [0.05, 0.1) is 30.7 Å². The van der Waals surface area contributed by atoms with Crippen molar-refractivity contribution in [3.63, 3.8) is 0 Å². The lowest BCUT2D eigenvalue weighted by Crippen LogP contribution is -2.44. The fourth-order valence-electron chi connectivity index (χ4n) is 3.17. The van der Waals surface area contributed by atoms with Crippen LogP contribution in [0.15, 0.2) is 30.6 Å². The highest BCUT2D eigenvalue weighted by Crippen LogP contribution is 2.32. The lowest BCUT2D eigenvalue weighted by atomic mass is 9.90. The van der Waals surface area contributed by atoms with Gasteiger partial charge in [0.15, 0.2) is 11.3 Å². The molecule has 4 heterocycles. The van der Waals surface area contributed by atoms with Crippen LogP contribution in [0.2, 0.25) is 0 Å². The van der Waals surface area contributed by atoms with Gasteiger partial charge >= 0.3 is 0 Å². The van der Waals surface area contributed by atoms with Crippen molar-refractivity contribution in [3.8, 4) is 5.88 Å². The number of aromatic amines is 1. The monoisotopic (exact) mass is 365 g/mol. The van der Waals surface area contributed by atoms with Crippen molar-refractivity contribution in [2.24, 2.45) is 12.5 Å². The van der Waals surface area contributed by atoms with E-state index in [1.807, 2.05) is 29.9 Å². The molecule has 5 rings (SSSR count). The molecule has 0 bridgehead atoms. The van der Waals surface area contributed by atoms with E-state index in [2.05, 4.69) is 37.5 Å². The number of ether oxygens (including phenoxy) is 2. The molecule has 138 valence electrons. The summed E-state index contributed by atoms with van der Waals surface area (Å²) in [6.07, 6.45) is 3.26. The number of nitrogens with one attached hydrogen (secondary N) is 2. The van der Waals surface area contributed by atoms with Gasteiger partial charge in [-0.3, -0.25) is 9.78 Å². The molecule has 27 heavy (non-hydrogen) atoms. The average Bonchev–Trinajstić information content (AvgIpc) is 3.20. The maximum atomic E-state index is 5.98. The van der Waals surface area contributed by atoms with Gasteiger partial charge in [0.25, 0.3) is 0 Å². The number of hydrogen-bond donors (Lipinski definition) is 2. The molecule has 0 aliphatic carbocycles. The Hall–Kier alpha value is -3.20. The molecule has 4 aromatic rings. The molecule has 1 aliphatic rings. The van der Waals surface area contributed by atoms with E-state index in [4.69, 9.17) is 9.47 Å². The third-order valence-corrected chi connectivity index (χ3v) is 4.73. The summed E-state index contributed by atoms with van der Waals surface area (Å²) in [5.74, 6) is 1.35. The van der Waals surface area contributed by atoms with Crippen molar-refractivity contribution in [2.45, 2.75) is 6.92 Å². The second-order valence-electron chi connectivity index (χ2n) is 7.20. The van der Waals surface area contributed by atoms with Gasteiger partial charge < -0.3 is 14.8 Å². The van der Waals surface area contributed by atoms with Gasteiger partial charge in [-0.15, -0.1) is 5.10 Å². The van der Waals surface area contributed by atoms with Crippen molar-refractivity contribution >= 4 is 33.6 Å². The molecule has 1 fully saturated rings. The highest BCUT2D eigenvalue weighted by Gasteiger charge is 2.34. The Morgan fingerprint density at radius 2 is 2.15 bits per heavy atom. The Labute approximate surface area is 154 Å². The fraction of sp³-hybridized carbons (Fsp3) is 0.333. The standard InChI is InChI=1S/C18H19N7O2/c1-18(8-26-9-18)10-27-17-12-4-3-11(7-13(12)25(2)24-17)21-16-14-15(22-23-16)20-6-5-19-14/h3-7H,8-10H2,1-2H3,(H2,20,21,22,23). The van der Waals surface area contributed by atoms with Crippen LogP contribution < -0.4 is 10.1 Å². The zero-order valence-corrected chi connectivity index (χ0v) is 15.1. The van der Waals surface area contributed by atoms with Gasteiger partial charge in [-0.1, -0.05) is 6.92 Å². The van der Waals surface area contributed by atoms with E-state index >= 15 is 0 Å². The number of aromatic nitrogens is 6. The summed E-state index contributed by atoms with van der Waals surface area (Å²) in [5.41, 5.74) is 3.22. The SMILES string of the molecule is Cn1nc(OCC2(C)COC2)c2ccc(Nc3[nH]nc4nccnc34)cc21. The predicted molar refractivity (Wildman–Crippen MR) is 100 cm³/mol. The largest absolute Gasteiger partial charge is 0.475 e. The Morgan fingerprint density at radius 3 is 2.96 bits per heavy atom. The van der Waals surface area contributed by atoms with Gasteiger partial charge in [-0.05, 0) is 18.2 Å². The van der Waals surface area contributed by atoms with Crippen molar-refractivity contribution in [3.05, 3.63) is 30.6 Å². The first-order valence-corrected chi connectivity index (χ1v) is 8.71. The van der Waals surface area contributed by atoms with Gasteiger partial charge in [0.1, 0.15) is 0 Å². The van der Waals surface area contributed by atoms with Gasteiger partial charge in [-0.2, -0.15) is 5.10 Å². The summed E-state index contributed by atoms with van der Waals surface area (Å²) in [6.45, 7) is 4.21. The molecule has 0 spiro atoms. The highest BCUT2D eigenvalue weighted by molar-refractivity contribution is 5.90. The number of H-pyrrole nitrogens is 1. The van der Waals surface area contributed by atoms with E-state index in [0.29, 0.717) is 29.5 Å². The topological polar surface area (TPSA) is 103 Å². The Morgan fingerprint density at radius 1 is 1.30 bits per heavy atom. The van der Waals surface area contributed by atoms with Gasteiger partial charge in [-0.25, -0.2) is 9.97 Å². The van der Waals surface area contributed by atoms with Crippen LogP contribution in [0.3, 0.4) is 0 Å². The molecular formula is C18H19N7O2. The van der Waals surface area contributed by atoms with Crippen LogP contribution in [0, 0.1) is 5.41 Å². The molecular weight excluding hydrogens is 346 g/mol. The lowest BCUT2D eigenvalue weighted by molar-refractivity contribution is -0.120. The van der Waals surface area contributed by atoms with E-state index < -0.39 is 0 Å². The lowest BCUT2D eigenvalue weighted by Gasteiger charge is -2.37. The zero-order valence-electron chi connectivity index (χ0n) is 15.1. The van der Waals surface area contributed by atoms with Crippen LogP contribution in [0.1, 0.15) is 6.92 Å². The van der Waals surface area contributed by atoms with Crippen LogP contribution in [0.25, 0.3) is 22.1 Å². The molecule has 1 saturated heterocycles. The highest BCUT2D eigenvalue weighted by atomic mass is 16.5. The molecule has 3 aromatic heterocycles. The van der Waals surface area contributed by atoms with Crippen molar-refractivity contribution in [1.29, 1.82) is 0 Å². The summed E-state index contributed by atoms with van der Waals surface area (Å²) in [6, 6.07) is 6.00. The second-order valence-corrected chi connectivity index (χ2v) is 7.20. The molecule has 0 amide bonds. The molecule has 0 radical (unpaired) electrons. The van der Waals surface area contributed by atoms with E-state index in [0.717, 1.165) is 29.8 Å². The minimum atomic E-state index is 0.0774. The molecule has 1 aromatic carbocycles. The molecule has 2 N–H and O–H groups in total. The first-order chi connectivity index (χ1) is 13.1. The maximum absolute atomic E-state index is 5.98. The summed E-state index contributed by atoms with van der Waals surface area (Å²) < 4.78 is 13.1. The number of benzene rings is 1. The Bertz CT molecular complexity index is 1130. The number of nitrogens with zero attached hydrogens (tertiary/aromatic N) is 5. The third-order valence-electron chi connectivity index (χ3n) is 4.73. The van der Waals surface area contributed by atoms with Crippen molar-refractivity contribution in [1.82, 2.24) is 29.9 Å². The van der Waals surface area contributed by atoms with E-state index in [9.17, 15) is 0 Å². The first-order valence-electron chi connectivity index (χ1n) is 8.71. The number of rotatable bonds is 5. The van der Waals surface area contributed by atoms with E-state index in [1.54, 1.807) is 12.4 Å². The van der Waals surface area contributed by atoms with Crippen LogP contribution in [0.5, 0.6) is 5.88 Å². The smallest absolute Gasteiger partial charge is 0.240 e. The maximum Gasteiger partial charge on any atom is 0.240 e. The summed E-state index contributed by atoms with van der Waals surface area (Å²) in [5, 5.41) is 15.9. The summed E-state index contributed by atoms with van der Waals surface area (Å²) >= 11 is 0. The average molecular weight is 365 g/mol. The van der Waals surface area contributed by atoms with E-state index in [-0.39, 0.29) is 5.41 Å². The molecule has 9 nitrogen and oxygen atoms in total. The summed E-state index contributed by atoms with van der Waals surface area (Å²) in [7, 11) is 1.91. The van der Waals surface area contributed by atoms with Crippen LogP contribution in [-0.2, 0) is 11.8 Å². The molecule has 0 atom stereocenters. The quantitative estimate of drug-likeness (QED) is 0.560. The predicted octanol–water partition coefficient (Wildman–Crippen LogP) is 2.40. The van der Waals surface area contributed by atoms with Gasteiger partial charge in [0.2, 0.25) is 11.5 Å². The first kappa shape index (κ1) is 16.0. The Kier molecular flexibility index (Phi) is 3.51. The number of anilines is 2. The van der Waals surface area contributed by atoms with E-state index in [1.165, 1.54) is 0 Å². The molecule has 0 unspecified atom stereocenters. The number of aryl methyl sites for hydroxylation is 1. The molecule has 0 saturated carbocycles. The van der Waals surface area contributed by atoms with Crippen LogP contribution in [0.4, 0.5) is 11.5 Å². The minimum Gasteiger partial charge on any atom is -0.475 e. The third kappa shape index (κ3) is 2.76. The fourth-order valence-corrected chi connectivity index (χ4v) is 3.17. The second kappa shape index (κ2) is 5.92. The number of fused-ring (bicyclic) bond motifs is 2. The minimum absolute atomic E-state index is 0.0774. The normalized spacial score (nSPS) is 15.8. The van der Waals surface area contributed by atoms with Crippen molar-refractivity contribution < 1.29 is 9.47 Å². The molecule has 1 aliphatic heterocycles.